The summed E-state index contributed by atoms with van der Waals surface area (Å²) in [5, 5.41) is 9.00. The predicted molar refractivity (Wildman–Crippen MR) is 104 cm³/mol. The molecule has 1 unspecified atom stereocenters. The molecule has 1 fully saturated rings. The molecule has 25 heavy (non-hydrogen) atoms. The number of anilines is 4. The highest BCUT2D eigenvalue weighted by Gasteiger charge is 2.31. The largest absolute Gasteiger partial charge is 0.399 e. The molecule has 2 aromatic rings. The molecule has 2 N–H and O–H groups in total. The van der Waals surface area contributed by atoms with Crippen molar-refractivity contribution in [3.8, 4) is 0 Å². The summed E-state index contributed by atoms with van der Waals surface area (Å²) in [6, 6.07) is 14.3. The maximum atomic E-state index is 5.91. The number of rotatable bonds is 3. The lowest BCUT2D eigenvalue weighted by Gasteiger charge is -2.22. The molecule has 2 aliphatic rings. The Hall–Kier alpha value is -2.76. The van der Waals surface area contributed by atoms with E-state index in [2.05, 4.69) is 37.1 Å². The van der Waals surface area contributed by atoms with E-state index in [0.29, 0.717) is 0 Å². The minimum atomic E-state index is -0.157. The molecule has 0 radical (unpaired) electrons. The van der Waals surface area contributed by atoms with Crippen molar-refractivity contribution in [1.29, 1.82) is 0 Å². The second-order valence-electron chi connectivity index (χ2n) is 6.74. The molecule has 4 rings (SSSR count). The molecule has 0 aliphatic carbocycles. The Morgan fingerprint density at radius 2 is 1.60 bits per heavy atom. The van der Waals surface area contributed by atoms with Gasteiger partial charge < -0.3 is 20.4 Å². The number of hydrogen-bond acceptors (Lipinski definition) is 6. The van der Waals surface area contributed by atoms with Gasteiger partial charge in [-0.15, -0.1) is 5.11 Å². The lowest BCUT2D eigenvalue weighted by molar-refractivity contribution is 0.649. The number of nitrogens with two attached hydrogens (primary N) is 1. The summed E-state index contributed by atoms with van der Waals surface area (Å²) >= 11 is 0. The summed E-state index contributed by atoms with van der Waals surface area (Å²) in [6.07, 6.45) is 2.41. The minimum Gasteiger partial charge on any atom is -0.399 e. The smallest absolute Gasteiger partial charge is 0.218 e. The minimum absolute atomic E-state index is 0.157. The van der Waals surface area contributed by atoms with Crippen molar-refractivity contribution in [2.45, 2.75) is 19.1 Å². The zero-order valence-electron chi connectivity index (χ0n) is 14.8. The molecular weight excluding hydrogens is 312 g/mol. The van der Waals surface area contributed by atoms with Gasteiger partial charge in [-0.3, -0.25) is 0 Å². The van der Waals surface area contributed by atoms with Gasteiger partial charge in [-0.2, -0.15) is 5.11 Å². The first-order valence-electron chi connectivity index (χ1n) is 8.74. The second kappa shape index (κ2) is 6.27. The maximum absolute atomic E-state index is 5.91. The molecule has 6 heteroatoms. The monoisotopic (exact) mass is 336 g/mol. The van der Waals surface area contributed by atoms with E-state index in [1.807, 2.05) is 44.4 Å². The van der Waals surface area contributed by atoms with E-state index in [-0.39, 0.29) is 6.29 Å². The van der Waals surface area contributed by atoms with E-state index in [1.54, 1.807) is 0 Å². The van der Waals surface area contributed by atoms with Crippen LogP contribution >= 0.6 is 0 Å². The van der Waals surface area contributed by atoms with Crippen molar-refractivity contribution >= 4 is 28.4 Å². The highest BCUT2D eigenvalue weighted by Crippen LogP contribution is 2.39. The molecule has 0 amide bonds. The second-order valence-corrected chi connectivity index (χ2v) is 6.74. The van der Waals surface area contributed by atoms with E-state index >= 15 is 0 Å². The Bertz CT molecular complexity index is 779. The fraction of sp³-hybridized carbons (Fsp3) is 0.368. The summed E-state index contributed by atoms with van der Waals surface area (Å²) in [5.41, 5.74) is 11.0. The average Bonchev–Trinajstić information content (AvgIpc) is 3.23. The lowest BCUT2D eigenvalue weighted by atomic mass is 10.2. The van der Waals surface area contributed by atoms with Crippen LogP contribution in [0.2, 0.25) is 0 Å². The van der Waals surface area contributed by atoms with Gasteiger partial charge in [-0.1, -0.05) is 0 Å². The molecule has 0 saturated carbocycles. The van der Waals surface area contributed by atoms with Crippen LogP contribution in [-0.2, 0) is 0 Å². The summed E-state index contributed by atoms with van der Waals surface area (Å²) < 4.78 is 0. The topological polar surface area (TPSA) is 60.5 Å². The highest BCUT2D eigenvalue weighted by atomic mass is 15.5. The lowest BCUT2D eigenvalue weighted by Crippen LogP contribution is -2.36. The van der Waals surface area contributed by atoms with Crippen molar-refractivity contribution in [2.24, 2.45) is 10.2 Å². The van der Waals surface area contributed by atoms with E-state index in [1.165, 1.54) is 18.5 Å². The standard InChI is InChI=1S/C19H24N6/c1-23-17-10-5-14(20)13-18(17)24(2)19(23)22-21-15-6-8-16(9-7-15)25-11-3-4-12-25/h5-10,13,19H,3-4,11-12,20H2,1-2H3. The summed E-state index contributed by atoms with van der Waals surface area (Å²) in [5.74, 6) is 0. The van der Waals surface area contributed by atoms with Crippen LogP contribution in [0.5, 0.6) is 0 Å². The van der Waals surface area contributed by atoms with E-state index < -0.39 is 0 Å². The Balaban J connectivity index is 1.50. The molecule has 1 saturated heterocycles. The van der Waals surface area contributed by atoms with Gasteiger partial charge in [0.1, 0.15) is 0 Å². The van der Waals surface area contributed by atoms with Crippen LogP contribution < -0.4 is 20.4 Å². The van der Waals surface area contributed by atoms with Gasteiger partial charge in [0.05, 0.1) is 17.1 Å². The van der Waals surface area contributed by atoms with Gasteiger partial charge in [0.2, 0.25) is 6.29 Å². The number of fused-ring (bicyclic) bond motifs is 1. The third kappa shape index (κ3) is 2.88. The van der Waals surface area contributed by atoms with E-state index in [4.69, 9.17) is 5.73 Å². The summed E-state index contributed by atoms with van der Waals surface area (Å²) in [6.45, 7) is 2.31. The van der Waals surface area contributed by atoms with Crippen molar-refractivity contribution in [2.75, 3.05) is 47.6 Å². The van der Waals surface area contributed by atoms with Gasteiger partial charge >= 0.3 is 0 Å². The Morgan fingerprint density at radius 3 is 2.32 bits per heavy atom. The highest BCUT2D eigenvalue weighted by molar-refractivity contribution is 5.79. The first kappa shape index (κ1) is 15.7. The van der Waals surface area contributed by atoms with E-state index in [0.717, 1.165) is 35.8 Å². The number of benzene rings is 2. The number of hydrogen-bond donors (Lipinski definition) is 1. The molecule has 2 aromatic carbocycles. The van der Waals surface area contributed by atoms with Gasteiger partial charge in [0.25, 0.3) is 0 Å². The Kier molecular flexibility index (Phi) is 3.95. The molecule has 130 valence electrons. The predicted octanol–water partition coefficient (Wildman–Crippen LogP) is 3.82. The van der Waals surface area contributed by atoms with Crippen LogP contribution in [0.4, 0.5) is 28.4 Å². The van der Waals surface area contributed by atoms with Crippen LogP contribution in [0.3, 0.4) is 0 Å². The van der Waals surface area contributed by atoms with Crippen molar-refractivity contribution in [3.63, 3.8) is 0 Å². The van der Waals surface area contributed by atoms with Crippen LogP contribution in [-0.4, -0.2) is 33.5 Å². The fourth-order valence-corrected chi connectivity index (χ4v) is 3.61. The van der Waals surface area contributed by atoms with Gasteiger partial charge in [-0.05, 0) is 55.3 Å². The molecular formula is C19H24N6. The molecule has 0 aromatic heterocycles. The molecule has 6 nitrogen and oxygen atoms in total. The van der Waals surface area contributed by atoms with Gasteiger partial charge in [-0.25, -0.2) is 0 Å². The van der Waals surface area contributed by atoms with Crippen LogP contribution in [0, 0.1) is 0 Å². The Labute approximate surface area is 148 Å². The third-order valence-corrected chi connectivity index (χ3v) is 5.05. The van der Waals surface area contributed by atoms with Crippen molar-refractivity contribution in [1.82, 2.24) is 0 Å². The zero-order valence-corrected chi connectivity index (χ0v) is 14.8. The first-order valence-corrected chi connectivity index (χ1v) is 8.74. The number of nitrogens with zero attached hydrogens (tertiary/aromatic N) is 5. The normalized spacial score (nSPS) is 19.9. The summed E-state index contributed by atoms with van der Waals surface area (Å²) in [4.78, 5) is 6.62. The third-order valence-electron chi connectivity index (χ3n) is 5.05. The van der Waals surface area contributed by atoms with Crippen LogP contribution in [0.15, 0.2) is 52.7 Å². The van der Waals surface area contributed by atoms with Gasteiger partial charge in [0, 0.05) is 38.6 Å². The Morgan fingerprint density at radius 1 is 0.920 bits per heavy atom. The SMILES string of the molecule is CN1c2ccc(N)cc2N(C)C1N=Nc1ccc(N2CCCC2)cc1. The van der Waals surface area contributed by atoms with Crippen LogP contribution in [0.1, 0.15) is 12.8 Å². The van der Waals surface area contributed by atoms with Crippen LogP contribution in [0.25, 0.3) is 0 Å². The van der Waals surface area contributed by atoms with Crippen molar-refractivity contribution in [3.05, 3.63) is 42.5 Å². The molecule has 2 heterocycles. The average molecular weight is 336 g/mol. The fourth-order valence-electron chi connectivity index (χ4n) is 3.61. The van der Waals surface area contributed by atoms with Crippen molar-refractivity contribution < 1.29 is 0 Å². The zero-order chi connectivity index (χ0) is 17.4. The molecule has 0 bridgehead atoms. The molecule has 2 aliphatic heterocycles. The summed E-state index contributed by atoms with van der Waals surface area (Å²) in [7, 11) is 4.04. The first-order chi connectivity index (χ1) is 12.1. The number of nitrogen functional groups attached to an aromatic ring is 1. The maximum Gasteiger partial charge on any atom is 0.218 e. The van der Waals surface area contributed by atoms with E-state index in [9.17, 15) is 0 Å². The van der Waals surface area contributed by atoms with Gasteiger partial charge in [0.15, 0.2) is 0 Å². The molecule has 1 atom stereocenters. The quantitative estimate of drug-likeness (QED) is 0.684. The molecule has 0 spiro atoms. The number of azo groups is 1.